The molecule has 4 rings (SSSR count). The number of thiazole rings is 1. The second kappa shape index (κ2) is 6.83. The van der Waals surface area contributed by atoms with Crippen LogP contribution in [-0.4, -0.2) is 53.3 Å². The number of likely N-dealkylation sites (tertiary alicyclic amines) is 2. The number of para-hydroxylation sites is 1. The number of amides is 2. The summed E-state index contributed by atoms with van der Waals surface area (Å²) < 4.78 is 1.13. The summed E-state index contributed by atoms with van der Waals surface area (Å²) in [6, 6.07) is 8.00. The molecule has 1 aromatic heterocycles. The first kappa shape index (κ1) is 17.2. The van der Waals surface area contributed by atoms with Gasteiger partial charge in [-0.2, -0.15) is 0 Å². The Hall–Kier alpha value is -2.21. The molecule has 136 valence electrons. The molecule has 5 nitrogen and oxygen atoms in total. The van der Waals surface area contributed by atoms with Crippen LogP contribution < -0.4 is 0 Å². The second-order valence-corrected chi connectivity index (χ2v) is 8.49. The van der Waals surface area contributed by atoms with E-state index >= 15 is 0 Å². The first-order valence-corrected chi connectivity index (χ1v) is 9.93. The van der Waals surface area contributed by atoms with Crippen LogP contribution in [0.5, 0.6) is 0 Å². The summed E-state index contributed by atoms with van der Waals surface area (Å²) in [6.07, 6.45) is 7.02. The van der Waals surface area contributed by atoms with E-state index in [-0.39, 0.29) is 17.2 Å². The summed E-state index contributed by atoms with van der Waals surface area (Å²) >= 11 is 1.60. The molecule has 2 amide bonds. The SMILES string of the molecule is CN1CC2(CCC1=O)CCN(C(=O)C=Cc1nc3ccccc3s1)CC2. The van der Waals surface area contributed by atoms with Gasteiger partial charge < -0.3 is 9.80 Å². The quantitative estimate of drug-likeness (QED) is 0.764. The number of hydrogen-bond donors (Lipinski definition) is 0. The van der Waals surface area contributed by atoms with Crippen molar-refractivity contribution in [2.45, 2.75) is 25.7 Å². The van der Waals surface area contributed by atoms with Gasteiger partial charge in [0.05, 0.1) is 10.2 Å². The average molecular weight is 369 g/mol. The van der Waals surface area contributed by atoms with Gasteiger partial charge in [0.25, 0.3) is 0 Å². The lowest BCUT2D eigenvalue weighted by Gasteiger charge is -2.46. The Balaban J connectivity index is 1.37. The molecule has 0 N–H and O–H groups in total. The third-order valence-electron chi connectivity index (χ3n) is 5.68. The Morgan fingerprint density at radius 1 is 1.23 bits per heavy atom. The number of rotatable bonds is 2. The molecule has 26 heavy (non-hydrogen) atoms. The maximum atomic E-state index is 12.5. The number of aromatic nitrogens is 1. The first-order chi connectivity index (χ1) is 12.5. The Labute approximate surface area is 157 Å². The molecule has 2 fully saturated rings. The molecule has 0 atom stereocenters. The van der Waals surface area contributed by atoms with Crippen LogP contribution in [-0.2, 0) is 9.59 Å². The minimum Gasteiger partial charge on any atom is -0.345 e. The summed E-state index contributed by atoms with van der Waals surface area (Å²) in [5.41, 5.74) is 1.18. The van der Waals surface area contributed by atoms with Crippen molar-refractivity contribution in [1.29, 1.82) is 0 Å². The van der Waals surface area contributed by atoms with Crippen LogP contribution in [0.2, 0.25) is 0 Å². The van der Waals surface area contributed by atoms with Crippen molar-refractivity contribution in [2.24, 2.45) is 5.41 Å². The van der Waals surface area contributed by atoms with Gasteiger partial charge in [-0.05, 0) is 42.9 Å². The summed E-state index contributed by atoms with van der Waals surface area (Å²) in [4.78, 5) is 32.6. The van der Waals surface area contributed by atoms with Crippen molar-refractivity contribution in [3.63, 3.8) is 0 Å². The molecule has 3 heterocycles. The van der Waals surface area contributed by atoms with Crippen LogP contribution in [0.3, 0.4) is 0 Å². The van der Waals surface area contributed by atoms with Crippen LogP contribution in [0, 0.1) is 5.41 Å². The van der Waals surface area contributed by atoms with Crippen molar-refractivity contribution in [1.82, 2.24) is 14.8 Å². The normalized spacial score (nSPS) is 20.4. The predicted molar refractivity (Wildman–Crippen MR) is 104 cm³/mol. The number of carbonyl (C=O) groups is 2. The van der Waals surface area contributed by atoms with Crippen LogP contribution >= 0.6 is 11.3 Å². The molecule has 0 saturated carbocycles. The van der Waals surface area contributed by atoms with Crippen molar-refractivity contribution < 1.29 is 9.59 Å². The van der Waals surface area contributed by atoms with E-state index in [4.69, 9.17) is 0 Å². The van der Waals surface area contributed by atoms with Crippen molar-refractivity contribution in [3.8, 4) is 0 Å². The second-order valence-electron chi connectivity index (χ2n) is 7.43. The lowest BCUT2D eigenvalue weighted by molar-refractivity contribution is -0.139. The van der Waals surface area contributed by atoms with Gasteiger partial charge in [-0.15, -0.1) is 11.3 Å². The molecule has 0 unspecified atom stereocenters. The Morgan fingerprint density at radius 2 is 2.00 bits per heavy atom. The zero-order valence-electron chi connectivity index (χ0n) is 15.0. The Morgan fingerprint density at radius 3 is 2.73 bits per heavy atom. The van der Waals surface area contributed by atoms with Gasteiger partial charge in [-0.25, -0.2) is 4.98 Å². The van der Waals surface area contributed by atoms with Gasteiger partial charge in [0, 0.05) is 39.2 Å². The van der Waals surface area contributed by atoms with Crippen LogP contribution in [0.25, 0.3) is 16.3 Å². The highest BCUT2D eigenvalue weighted by Gasteiger charge is 2.40. The first-order valence-electron chi connectivity index (χ1n) is 9.11. The predicted octanol–water partition coefficient (Wildman–Crippen LogP) is 3.17. The highest BCUT2D eigenvalue weighted by atomic mass is 32.1. The molecular weight excluding hydrogens is 346 g/mol. The van der Waals surface area contributed by atoms with E-state index in [9.17, 15) is 9.59 Å². The van der Waals surface area contributed by atoms with Crippen molar-refractivity contribution in [2.75, 3.05) is 26.7 Å². The maximum absolute atomic E-state index is 12.5. The zero-order valence-corrected chi connectivity index (χ0v) is 15.8. The molecule has 2 aromatic rings. The summed E-state index contributed by atoms with van der Waals surface area (Å²) in [6.45, 7) is 2.37. The molecule has 2 aliphatic heterocycles. The topological polar surface area (TPSA) is 53.5 Å². The number of carbonyl (C=O) groups excluding carboxylic acids is 2. The standard InChI is InChI=1S/C20H23N3O2S/c1-22-14-20(9-8-18(22)24)10-12-23(13-11-20)19(25)7-6-17-21-15-4-2-3-5-16(15)26-17/h2-7H,8-14H2,1H3. The number of piperidine rings is 2. The number of benzene rings is 1. The van der Waals surface area contributed by atoms with Crippen LogP contribution in [0.15, 0.2) is 30.3 Å². The van der Waals surface area contributed by atoms with Crippen LogP contribution in [0.4, 0.5) is 0 Å². The van der Waals surface area contributed by atoms with E-state index in [0.717, 1.165) is 54.1 Å². The molecule has 0 aliphatic carbocycles. The summed E-state index contributed by atoms with van der Waals surface area (Å²) in [7, 11) is 1.89. The highest BCUT2D eigenvalue weighted by molar-refractivity contribution is 7.19. The van der Waals surface area contributed by atoms with E-state index in [0.29, 0.717) is 6.42 Å². The van der Waals surface area contributed by atoms with Gasteiger partial charge in [-0.3, -0.25) is 9.59 Å². The van der Waals surface area contributed by atoms with Gasteiger partial charge in [0.15, 0.2) is 0 Å². The third kappa shape index (κ3) is 3.38. The molecule has 0 radical (unpaired) electrons. The fourth-order valence-corrected chi connectivity index (χ4v) is 4.92. The smallest absolute Gasteiger partial charge is 0.246 e. The Kier molecular flexibility index (Phi) is 4.53. The number of fused-ring (bicyclic) bond motifs is 1. The average Bonchev–Trinajstić information content (AvgIpc) is 3.07. The lowest BCUT2D eigenvalue weighted by Crippen LogP contribution is -2.51. The van der Waals surface area contributed by atoms with E-state index in [1.165, 1.54) is 0 Å². The number of nitrogens with zero attached hydrogens (tertiary/aromatic N) is 3. The summed E-state index contributed by atoms with van der Waals surface area (Å²) in [5, 5.41) is 0.862. The zero-order chi connectivity index (χ0) is 18.1. The molecule has 0 bridgehead atoms. The van der Waals surface area contributed by atoms with Crippen LogP contribution in [0.1, 0.15) is 30.7 Å². The minimum absolute atomic E-state index is 0.0550. The summed E-state index contributed by atoms with van der Waals surface area (Å²) in [5.74, 6) is 0.298. The maximum Gasteiger partial charge on any atom is 0.246 e. The molecule has 2 aliphatic rings. The molecule has 1 aromatic carbocycles. The molecular formula is C20H23N3O2S. The molecule has 6 heteroatoms. The van der Waals surface area contributed by atoms with Gasteiger partial charge in [-0.1, -0.05) is 12.1 Å². The number of hydrogen-bond acceptors (Lipinski definition) is 4. The highest BCUT2D eigenvalue weighted by Crippen LogP contribution is 2.39. The minimum atomic E-state index is 0.0550. The van der Waals surface area contributed by atoms with E-state index in [1.54, 1.807) is 17.4 Å². The van der Waals surface area contributed by atoms with Gasteiger partial charge in [0.2, 0.25) is 11.8 Å². The van der Waals surface area contributed by atoms with E-state index in [1.807, 2.05) is 47.2 Å². The fraction of sp³-hybridized carbons (Fsp3) is 0.450. The van der Waals surface area contributed by atoms with Crippen molar-refractivity contribution in [3.05, 3.63) is 35.3 Å². The van der Waals surface area contributed by atoms with E-state index in [2.05, 4.69) is 4.98 Å². The fourth-order valence-electron chi connectivity index (χ4n) is 4.05. The largest absolute Gasteiger partial charge is 0.345 e. The van der Waals surface area contributed by atoms with Gasteiger partial charge >= 0.3 is 0 Å². The van der Waals surface area contributed by atoms with E-state index < -0.39 is 0 Å². The monoisotopic (exact) mass is 369 g/mol. The Bertz CT molecular complexity index is 832. The third-order valence-corrected chi connectivity index (χ3v) is 6.68. The van der Waals surface area contributed by atoms with Gasteiger partial charge in [0.1, 0.15) is 5.01 Å². The molecule has 2 saturated heterocycles. The lowest BCUT2D eigenvalue weighted by atomic mass is 9.72. The molecule has 1 spiro atoms. The van der Waals surface area contributed by atoms with Crippen molar-refractivity contribution >= 4 is 39.4 Å².